The summed E-state index contributed by atoms with van der Waals surface area (Å²) in [7, 11) is 0. The van der Waals surface area contributed by atoms with Crippen molar-refractivity contribution in [2.45, 2.75) is 39.2 Å². The van der Waals surface area contributed by atoms with Crippen LogP contribution in [0.4, 0.5) is 0 Å². The van der Waals surface area contributed by atoms with E-state index in [1.54, 1.807) is 6.20 Å². The molecule has 2 rings (SSSR count). The lowest BCUT2D eigenvalue weighted by Crippen LogP contribution is -2.39. The average Bonchev–Trinajstić information content (AvgIpc) is 2.82. The van der Waals surface area contributed by atoms with E-state index in [1.807, 2.05) is 15.8 Å². The Bertz CT molecular complexity index is 353. The normalized spacial score (nSPS) is 17.7. The first-order valence-electron chi connectivity index (χ1n) is 6.30. The molecule has 1 amide bonds. The maximum atomic E-state index is 11.9. The zero-order valence-corrected chi connectivity index (χ0v) is 10.5. The van der Waals surface area contributed by atoms with Crippen molar-refractivity contribution in [1.82, 2.24) is 19.9 Å². The number of nitrogens with zero attached hydrogens (tertiary/aromatic N) is 4. The summed E-state index contributed by atoms with van der Waals surface area (Å²) in [5.41, 5.74) is 0. The van der Waals surface area contributed by atoms with E-state index < -0.39 is 0 Å². The van der Waals surface area contributed by atoms with Gasteiger partial charge < -0.3 is 4.90 Å². The van der Waals surface area contributed by atoms with Gasteiger partial charge in [0.25, 0.3) is 0 Å². The summed E-state index contributed by atoms with van der Waals surface area (Å²) in [6.45, 7) is 5.85. The highest BCUT2D eigenvalue weighted by molar-refractivity contribution is 5.76. The van der Waals surface area contributed by atoms with E-state index in [4.69, 9.17) is 0 Å². The van der Waals surface area contributed by atoms with E-state index in [2.05, 4.69) is 24.2 Å². The Labute approximate surface area is 102 Å². The standard InChI is InChI=1S/C12H20N4O/c1-10(2)9-12(17)15-6-3-11(4-7-15)16-8-5-13-14-16/h5,8,10-11H,3-4,6-7,9H2,1-2H3. The molecular formula is C12H20N4O. The van der Waals surface area contributed by atoms with Crippen LogP contribution in [-0.4, -0.2) is 38.9 Å². The third-order valence-electron chi connectivity index (χ3n) is 3.22. The molecule has 1 fully saturated rings. The topological polar surface area (TPSA) is 51.0 Å². The number of carbonyl (C=O) groups excluding carboxylic acids is 1. The van der Waals surface area contributed by atoms with E-state index in [0.717, 1.165) is 25.9 Å². The highest BCUT2D eigenvalue weighted by atomic mass is 16.2. The third kappa shape index (κ3) is 3.05. The van der Waals surface area contributed by atoms with Gasteiger partial charge >= 0.3 is 0 Å². The summed E-state index contributed by atoms with van der Waals surface area (Å²) in [5, 5.41) is 7.84. The van der Waals surface area contributed by atoms with E-state index in [9.17, 15) is 4.79 Å². The van der Waals surface area contributed by atoms with Crippen molar-refractivity contribution in [3.63, 3.8) is 0 Å². The Balaban J connectivity index is 1.84. The lowest BCUT2D eigenvalue weighted by molar-refractivity contribution is -0.133. The first-order valence-corrected chi connectivity index (χ1v) is 6.30. The Morgan fingerprint density at radius 2 is 2.12 bits per heavy atom. The molecular weight excluding hydrogens is 216 g/mol. The van der Waals surface area contributed by atoms with Crippen LogP contribution >= 0.6 is 0 Å². The lowest BCUT2D eigenvalue weighted by atomic mass is 10.0. The first-order chi connectivity index (χ1) is 8.16. The lowest BCUT2D eigenvalue weighted by Gasteiger charge is -2.32. The van der Waals surface area contributed by atoms with Crippen molar-refractivity contribution >= 4 is 5.91 Å². The molecule has 1 aromatic rings. The molecule has 0 aromatic carbocycles. The molecule has 1 saturated heterocycles. The first kappa shape index (κ1) is 12.1. The summed E-state index contributed by atoms with van der Waals surface area (Å²) < 4.78 is 1.91. The van der Waals surface area contributed by atoms with Crippen LogP contribution in [0.25, 0.3) is 0 Å². The Hall–Kier alpha value is -1.39. The fourth-order valence-corrected chi connectivity index (χ4v) is 2.27. The van der Waals surface area contributed by atoms with Gasteiger partial charge in [0.15, 0.2) is 0 Å². The molecule has 0 aliphatic carbocycles. The monoisotopic (exact) mass is 236 g/mol. The minimum absolute atomic E-state index is 0.289. The molecule has 5 nitrogen and oxygen atoms in total. The zero-order chi connectivity index (χ0) is 12.3. The summed E-state index contributed by atoms with van der Waals surface area (Å²) in [4.78, 5) is 13.9. The van der Waals surface area contributed by atoms with Gasteiger partial charge in [-0.3, -0.25) is 4.79 Å². The zero-order valence-electron chi connectivity index (χ0n) is 10.5. The number of likely N-dealkylation sites (tertiary alicyclic amines) is 1. The predicted molar refractivity (Wildman–Crippen MR) is 64.3 cm³/mol. The molecule has 0 atom stereocenters. The SMILES string of the molecule is CC(C)CC(=O)N1CCC(n2ccnn2)CC1. The molecule has 17 heavy (non-hydrogen) atoms. The van der Waals surface area contributed by atoms with Gasteiger partial charge in [0.05, 0.1) is 12.2 Å². The summed E-state index contributed by atoms with van der Waals surface area (Å²) in [5.74, 6) is 0.729. The van der Waals surface area contributed by atoms with Crippen molar-refractivity contribution in [2.75, 3.05) is 13.1 Å². The second-order valence-electron chi connectivity index (χ2n) is 5.09. The van der Waals surface area contributed by atoms with Crippen molar-refractivity contribution in [1.29, 1.82) is 0 Å². The number of rotatable bonds is 3. The van der Waals surface area contributed by atoms with Crippen molar-refractivity contribution in [2.24, 2.45) is 5.92 Å². The van der Waals surface area contributed by atoms with Crippen molar-refractivity contribution in [3.05, 3.63) is 12.4 Å². The summed E-state index contributed by atoms with van der Waals surface area (Å²) >= 11 is 0. The Morgan fingerprint density at radius 3 is 2.65 bits per heavy atom. The molecule has 1 aliphatic rings. The van der Waals surface area contributed by atoms with E-state index in [1.165, 1.54) is 0 Å². The minimum Gasteiger partial charge on any atom is -0.343 e. The largest absolute Gasteiger partial charge is 0.343 e. The number of amides is 1. The molecule has 0 bridgehead atoms. The summed E-state index contributed by atoms with van der Waals surface area (Å²) in [6.07, 6.45) is 6.22. The van der Waals surface area contributed by atoms with Gasteiger partial charge in [-0.05, 0) is 18.8 Å². The Morgan fingerprint density at radius 1 is 1.41 bits per heavy atom. The van der Waals surface area contributed by atoms with Crippen LogP contribution in [0.15, 0.2) is 12.4 Å². The number of hydrogen-bond donors (Lipinski definition) is 0. The smallest absolute Gasteiger partial charge is 0.222 e. The van der Waals surface area contributed by atoms with Crippen LogP contribution in [0.5, 0.6) is 0 Å². The maximum Gasteiger partial charge on any atom is 0.222 e. The van der Waals surface area contributed by atoms with Gasteiger partial charge in [-0.25, -0.2) is 4.68 Å². The molecule has 1 aromatic heterocycles. The molecule has 0 unspecified atom stereocenters. The molecule has 94 valence electrons. The van der Waals surface area contributed by atoms with Crippen LogP contribution < -0.4 is 0 Å². The number of piperidine rings is 1. The molecule has 5 heteroatoms. The van der Waals surface area contributed by atoms with Gasteiger partial charge in [-0.1, -0.05) is 19.1 Å². The van der Waals surface area contributed by atoms with Gasteiger partial charge in [-0.2, -0.15) is 0 Å². The predicted octanol–water partition coefficient (Wildman–Crippen LogP) is 1.49. The summed E-state index contributed by atoms with van der Waals surface area (Å²) in [6, 6.07) is 0.403. The van der Waals surface area contributed by atoms with Crippen LogP contribution in [0.1, 0.15) is 39.2 Å². The third-order valence-corrected chi connectivity index (χ3v) is 3.22. The molecule has 1 aliphatic heterocycles. The maximum absolute atomic E-state index is 11.9. The van der Waals surface area contributed by atoms with E-state index in [0.29, 0.717) is 18.4 Å². The van der Waals surface area contributed by atoms with E-state index >= 15 is 0 Å². The van der Waals surface area contributed by atoms with Gasteiger partial charge in [0.2, 0.25) is 5.91 Å². The fraction of sp³-hybridized carbons (Fsp3) is 0.750. The van der Waals surface area contributed by atoms with Gasteiger partial charge in [0.1, 0.15) is 0 Å². The van der Waals surface area contributed by atoms with Crippen LogP contribution in [0.3, 0.4) is 0 Å². The second-order valence-corrected chi connectivity index (χ2v) is 5.09. The highest BCUT2D eigenvalue weighted by Gasteiger charge is 2.24. The van der Waals surface area contributed by atoms with Gasteiger partial charge in [-0.15, -0.1) is 5.10 Å². The molecule has 2 heterocycles. The minimum atomic E-state index is 0.289. The average molecular weight is 236 g/mol. The fourth-order valence-electron chi connectivity index (χ4n) is 2.27. The van der Waals surface area contributed by atoms with E-state index in [-0.39, 0.29) is 5.91 Å². The molecule has 0 radical (unpaired) electrons. The Kier molecular flexibility index (Phi) is 3.76. The highest BCUT2D eigenvalue weighted by Crippen LogP contribution is 2.22. The van der Waals surface area contributed by atoms with Gasteiger partial charge in [0, 0.05) is 25.7 Å². The molecule has 0 N–H and O–H groups in total. The van der Waals surface area contributed by atoms with Crippen LogP contribution in [0, 0.1) is 5.92 Å². The number of aromatic nitrogens is 3. The number of hydrogen-bond acceptors (Lipinski definition) is 3. The molecule has 0 spiro atoms. The van der Waals surface area contributed by atoms with Crippen molar-refractivity contribution in [3.8, 4) is 0 Å². The van der Waals surface area contributed by atoms with Crippen LogP contribution in [0.2, 0.25) is 0 Å². The van der Waals surface area contributed by atoms with Crippen molar-refractivity contribution < 1.29 is 4.79 Å². The second kappa shape index (κ2) is 5.29. The number of carbonyl (C=O) groups is 1. The quantitative estimate of drug-likeness (QED) is 0.799. The van der Waals surface area contributed by atoms with Crippen LogP contribution in [-0.2, 0) is 4.79 Å². The molecule has 0 saturated carbocycles.